The van der Waals surface area contributed by atoms with Crippen LogP contribution in [0.25, 0.3) is 0 Å². The molecule has 17 heavy (non-hydrogen) atoms. The van der Waals surface area contributed by atoms with Crippen molar-refractivity contribution in [2.75, 3.05) is 11.9 Å². The van der Waals surface area contributed by atoms with Crippen LogP contribution in [0.3, 0.4) is 0 Å². The number of aryl methyl sites for hydroxylation is 1. The van der Waals surface area contributed by atoms with Gasteiger partial charge >= 0.3 is 0 Å². The topological polar surface area (TPSA) is 46.1 Å². The Labute approximate surface area is 104 Å². The van der Waals surface area contributed by atoms with Gasteiger partial charge in [0.05, 0.1) is 17.2 Å². The van der Waals surface area contributed by atoms with E-state index in [-0.39, 0.29) is 0 Å². The number of carbonyl (C=O) groups is 1. The predicted molar refractivity (Wildman–Crippen MR) is 68.6 cm³/mol. The number of anilines is 1. The summed E-state index contributed by atoms with van der Waals surface area (Å²) in [6.07, 6.45) is 2.37. The number of aromatic nitrogens is 2. The van der Waals surface area contributed by atoms with E-state index in [1.54, 1.807) is 23.6 Å². The van der Waals surface area contributed by atoms with Gasteiger partial charge in [-0.25, -0.2) is 9.97 Å². The summed E-state index contributed by atoms with van der Waals surface area (Å²) < 4.78 is 0. The number of rotatable bonds is 4. The Hall–Kier alpha value is -1.75. The van der Waals surface area contributed by atoms with Crippen molar-refractivity contribution in [1.82, 2.24) is 9.97 Å². The van der Waals surface area contributed by atoms with Gasteiger partial charge in [-0.3, -0.25) is 4.79 Å². The molecule has 0 aliphatic heterocycles. The molecule has 88 valence electrons. The molecule has 0 spiro atoms. The maximum absolute atomic E-state index is 10.5. The third-order valence-corrected chi connectivity index (χ3v) is 3.19. The van der Waals surface area contributed by atoms with Crippen molar-refractivity contribution >= 4 is 23.4 Å². The van der Waals surface area contributed by atoms with Crippen LogP contribution in [0.4, 0.5) is 5.82 Å². The molecule has 0 aromatic carbocycles. The van der Waals surface area contributed by atoms with Crippen LogP contribution in [0.5, 0.6) is 0 Å². The Kier molecular flexibility index (Phi) is 3.49. The normalized spacial score (nSPS) is 10.2. The summed E-state index contributed by atoms with van der Waals surface area (Å²) in [7, 11) is 1.96. The quantitative estimate of drug-likeness (QED) is 0.778. The van der Waals surface area contributed by atoms with Crippen LogP contribution in [-0.4, -0.2) is 23.3 Å². The van der Waals surface area contributed by atoms with E-state index in [0.29, 0.717) is 5.56 Å². The lowest BCUT2D eigenvalue weighted by Crippen LogP contribution is -2.17. The van der Waals surface area contributed by atoms with Crippen LogP contribution in [-0.2, 0) is 6.54 Å². The van der Waals surface area contributed by atoms with Gasteiger partial charge in [0.15, 0.2) is 6.29 Å². The van der Waals surface area contributed by atoms with Crippen LogP contribution in [0, 0.1) is 6.92 Å². The summed E-state index contributed by atoms with van der Waals surface area (Å²) >= 11 is 1.64. The lowest BCUT2D eigenvalue weighted by Gasteiger charge is -2.16. The van der Waals surface area contributed by atoms with Gasteiger partial charge in [-0.2, -0.15) is 0 Å². The van der Waals surface area contributed by atoms with Gasteiger partial charge in [0, 0.05) is 24.2 Å². The van der Waals surface area contributed by atoms with Crippen LogP contribution in [0.15, 0.2) is 23.7 Å². The lowest BCUT2D eigenvalue weighted by atomic mass is 10.3. The maximum Gasteiger partial charge on any atom is 0.151 e. The smallest absolute Gasteiger partial charge is 0.151 e. The first kappa shape index (κ1) is 11.7. The second kappa shape index (κ2) is 5.05. The molecule has 0 fully saturated rings. The van der Waals surface area contributed by atoms with Crippen molar-refractivity contribution in [2.24, 2.45) is 0 Å². The fraction of sp³-hybridized carbons (Fsp3) is 0.250. The summed E-state index contributed by atoms with van der Waals surface area (Å²) in [4.78, 5) is 21.1. The molecule has 0 atom stereocenters. The SMILES string of the molecule is Cc1nc(CN(C)c2ccc(C=O)cn2)cs1. The lowest BCUT2D eigenvalue weighted by molar-refractivity contribution is 0.112. The molecule has 0 radical (unpaired) electrons. The molecule has 0 N–H and O–H groups in total. The van der Waals surface area contributed by atoms with E-state index in [4.69, 9.17) is 0 Å². The average Bonchev–Trinajstić information content (AvgIpc) is 2.75. The van der Waals surface area contributed by atoms with Crippen molar-refractivity contribution in [1.29, 1.82) is 0 Å². The number of thiazole rings is 1. The molecule has 0 unspecified atom stereocenters. The number of hydrogen-bond acceptors (Lipinski definition) is 5. The van der Waals surface area contributed by atoms with E-state index in [1.165, 1.54) is 0 Å². The molecule has 0 saturated heterocycles. The molecule has 2 heterocycles. The first-order valence-electron chi connectivity index (χ1n) is 5.22. The zero-order chi connectivity index (χ0) is 12.3. The summed E-state index contributed by atoms with van der Waals surface area (Å²) in [5.41, 5.74) is 1.63. The molecule has 2 aromatic rings. The zero-order valence-electron chi connectivity index (χ0n) is 9.75. The third kappa shape index (κ3) is 2.88. The number of hydrogen-bond donors (Lipinski definition) is 0. The second-order valence-corrected chi connectivity index (χ2v) is 4.84. The molecule has 4 nitrogen and oxygen atoms in total. The van der Waals surface area contributed by atoms with Crippen molar-refractivity contribution in [3.63, 3.8) is 0 Å². The molecular formula is C12H13N3OS. The van der Waals surface area contributed by atoms with E-state index in [9.17, 15) is 4.79 Å². The maximum atomic E-state index is 10.5. The minimum Gasteiger partial charge on any atom is -0.354 e. The van der Waals surface area contributed by atoms with Gasteiger partial charge in [-0.15, -0.1) is 11.3 Å². The van der Waals surface area contributed by atoms with Crippen LogP contribution in [0.1, 0.15) is 21.1 Å². The Morgan fingerprint density at radius 3 is 2.82 bits per heavy atom. The minimum atomic E-state index is 0.589. The first-order valence-corrected chi connectivity index (χ1v) is 6.10. The van der Waals surface area contributed by atoms with Crippen LogP contribution < -0.4 is 4.90 Å². The van der Waals surface area contributed by atoms with Crippen LogP contribution in [0.2, 0.25) is 0 Å². The number of carbonyl (C=O) groups excluding carboxylic acids is 1. The molecule has 0 aliphatic rings. The standard InChI is InChI=1S/C12H13N3OS/c1-9-14-11(8-17-9)6-15(2)12-4-3-10(7-16)5-13-12/h3-5,7-8H,6H2,1-2H3. The van der Waals surface area contributed by atoms with Crippen LogP contribution >= 0.6 is 11.3 Å². The molecule has 2 rings (SSSR count). The molecule has 0 bridgehead atoms. The van der Waals surface area contributed by atoms with Crippen molar-refractivity contribution in [2.45, 2.75) is 13.5 Å². The molecule has 5 heteroatoms. The Morgan fingerprint density at radius 1 is 1.47 bits per heavy atom. The van der Waals surface area contributed by atoms with Gasteiger partial charge in [-0.05, 0) is 19.1 Å². The first-order chi connectivity index (χ1) is 8.19. The fourth-order valence-electron chi connectivity index (χ4n) is 1.50. The highest BCUT2D eigenvalue weighted by atomic mass is 32.1. The highest BCUT2D eigenvalue weighted by molar-refractivity contribution is 7.09. The molecule has 0 aliphatic carbocycles. The van der Waals surface area contributed by atoms with E-state index in [1.807, 2.05) is 30.3 Å². The van der Waals surface area contributed by atoms with E-state index in [2.05, 4.69) is 9.97 Å². The third-order valence-electron chi connectivity index (χ3n) is 2.36. The second-order valence-electron chi connectivity index (χ2n) is 3.78. The number of aldehydes is 1. The predicted octanol–water partition coefficient (Wildman–Crippen LogP) is 2.30. The Morgan fingerprint density at radius 2 is 2.29 bits per heavy atom. The zero-order valence-corrected chi connectivity index (χ0v) is 10.6. The van der Waals surface area contributed by atoms with Gasteiger partial charge in [0.1, 0.15) is 5.82 Å². The summed E-state index contributed by atoms with van der Waals surface area (Å²) in [5.74, 6) is 0.834. The van der Waals surface area contributed by atoms with E-state index < -0.39 is 0 Å². The molecule has 0 amide bonds. The number of nitrogens with zero attached hydrogens (tertiary/aromatic N) is 3. The summed E-state index contributed by atoms with van der Waals surface area (Å²) in [6.45, 7) is 2.71. The van der Waals surface area contributed by atoms with Crippen molar-refractivity contribution in [3.05, 3.63) is 40.0 Å². The fourth-order valence-corrected chi connectivity index (χ4v) is 2.10. The van der Waals surface area contributed by atoms with E-state index >= 15 is 0 Å². The monoisotopic (exact) mass is 247 g/mol. The molecule has 0 saturated carbocycles. The molecule has 2 aromatic heterocycles. The van der Waals surface area contributed by atoms with Gasteiger partial charge in [0.25, 0.3) is 0 Å². The Bertz CT molecular complexity index is 507. The van der Waals surface area contributed by atoms with E-state index in [0.717, 1.165) is 29.4 Å². The summed E-state index contributed by atoms with van der Waals surface area (Å²) in [5, 5.41) is 3.11. The van der Waals surface area contributed by atoms with Gasteiger partial charge in [0.2, 0.25) is 0 Å². The largest absolute Gasteiger partial charge is 0.354 e. The van der Waals surface area contributed by atoms with Crippen molar-refractivity contribution in [3.8, 4) is 0 Å². The van der Waals surface area contributed by atoms with Gasteiger partial charge < -0.3 is 4.90 Å². The highest BCUT2D eigenvalue weighted by Crippen LogP contribution is 2.14. The van der Waals surface area contributed by atoms with Crippen molar-refractivity contribution < 1.29 is 4.79 Å². The Balaban J connectivity index is 2.08. The summed E-state index contributed by atoms with van der Waals surface area (Å²) in [6, 6.07) is 3.60. The number of pyridine rings is 1. The molecular weight excluding hydrogens is 234 g/mol. The van der Waals surface area contributed by atoms with Gasteiger partial charge in [-0.1, -0.05) is 0 Å². The minimum absolute atomic E-state index is 0.589. The highest BCUT2D eigenvalue weighted by Gasteiger charge is 2.05. The average molecular weight is 247 g/mol.